The molecule has 0 aliphatic heterocycles. The third-order valence-electron chi connectivity index (χ3n) is 5.04. The van der Waals surface area contributed by atoms with Gasteiger partial charge in [-0.25, -0.2) is 0 Å². The summed E-state index contributed by atoms with van der Waals surface area (Å²) in [6.07, 6.45) is 4.21. The van der Waals surface area contributed by atoms with Gasteiger partial charge >= 0.3 is 0 Å². The van der Waals surface area contributed by atoms with Gasteiger partial charge in [0.15, 0.2) is 0 Å². The van der Waals surface area contributed by atoms with Gasteiger partial charge in [0.2, 0.25) is 0 Å². The van der Waals surface area contributed by atoms with Gasteiger partial charge in [-0.1, -0.05) is 73.0 Å². The van der Waals surface area contributed by atoms with Crippen molar-refractivity contribution in [3.63, 3.8) is 0 Å². The smallest absolute Gasteiger partial charge is 0.0313 e. The first-order valence-corrected chi connectivity index (χ1v) is 13.3. The van der Waals surface area contributed by atoms with Gasteiger partial charge in [-0.05, 0) is 11.0 Å². The van der Waals surface area contributed by atoms with E-state index >= 15 is 0 Å². The van der Waals surface area contributed by atoms with Crippen LogP contribution in [0.5, 0.6) is 0 Å². The Hall–Kier alpha value is 0.434. The molecule has 0 radical (unpaired) electrons. The van der Waals surface area contributed by atoms with Crippen molar-refractivity contribution in [3.05, 3.63) is 0 Å². The Morgan fingerprint density at radius 1 is 1.07 bits per heavy atom. The van der Waals surface area contributed by atoms with E-state index in [1.54, 1.807) is 6.04 Å². The van der Waals surface area contributed by atoms with Crippen molar-refractivity contribution in [2.45, 2.75) is 78.1 Å². The second kappa shape index (κ2) is 6.90. The zero-order valence-electron chi connectivity index (χ0n) is 12.1. The lowest BCUT2D eigenvalue weighted by Gasteiger charge is -2.37. The summed E-state index contributed by atoms with van der Waals surface area (Å²) in [5.74, 6) is 0.986. The summed E-state index contributed by atoms with van der Waals surface area (Å²) in [5.41, 5.74) is 0. The maximum absolute atomic E-state index is 2.66. The van der Waals surface area contributed by atoms with Gasteiger partial charge in [0.05, 0.1) is 0 Å². The van der Waals surface area contributed by atoms with Crippen molar-refractivity contribution in [1.82, 2.24) is 0 Å². The van der Waals surface area contributed by atoms with Crippen LogP contribution < -0.4 is 0 Å². The molecule has 92 valence electrons. The molecular formula is C13H32Si2. The first kappa shape index (κ1) is 15.4. The molecule has 0 nitrogen and oxygen atoms in total. The number of hydrogen-bond acceptors (Lipinski definition) is 0. The van der Waals surface area contributed by atoms with E-state index in [9.17, 15) is 0 Å². The fourth-order valence-corrected chi connectivity index (χ4v) is 15.4. The Balaban J connectivity index is 4.34. The molecule has 0 saturated heterocycles. The average Bonchev–Trinajstić information content (AvgIpc) is 2.26. The van der Waals surface area contributed by atoms with E-state index in [4.69, 9.17) is 0 Å². The molecule has 0 aromatic heterocycles. The molecule has 0 aliphatic carbocycles. The average molecular weight is 245 g/mol. The molecular weight excluding hydrogens is 212 g/mol. The van der Waals surface area contributed by atoms with Crippen LogP contribution >= 0.6 is 0 Å². The van der Waals surface area contributed by atoms with Gasteiger partial charge in [0.25, 0.3) is 0 Å². The Morgan fingerprint density at radius 3 is 1.87 bits per heavy atom. The zero-order chi connectivity index (χ0) is 12.1. The molecule has 0 N–H and O–H groups in total. The molecule has 0 aromatic rings. The summed E-state index contributed by atoms with van der Waals surface area (Å²) in [4.78, 5) is 0. The standard InChI is InChI=1S/C13H32Si2/c1-8-12(4)11-14(6)15(7)13(5,9-2)10-3/h12,14-15H,8-11H2,1-7H3. The molecule has 0 aromatic carbocycles. The quantitative estimate of drug-likeness (QED) is 0.582. The highest BCUT2D eigenvalue weighted by Gasteiger charge is 2.33. The molecule has 0 spiro atoms. The van der Waals surface area contributed by atoms with Crippen molar-refractivity contribution >= 4 is 16.6 Å². The maximum Gasteiger partial charge on any atom is 0.0313 e. The molecule has 15 heavy (non-hydrogen) atoms. The van der Waals surface area contributed by atoms with Crippen molar-refractivity contribution < 1.29 is 0 Å². The zero-order valence-corrected chi connectivity index (χ0v) is 14.4. The molecule has 0 rings (SSSR count). The van der Waals surface area contributed by atoms with E-state index < -0.39 is 16.6 Å². The maximum atomic E-state index is 2.66. The molecule has 0 bridgehead atoms. The van der Waals surface area contributed by atoms with E-state index in [0.717, 1.165) is 11.0 Å². The normalized spacial score (nSPS) is 18.6. The molecule has 2 heteroatoms. The van der Waals surface area contributed by atoms with Gasteiger partial charge in [0, 0.05) is 16.6 Å². The molecule has 0 heterocycles. The fraction of sp³-hybridized carbons (Fsp3) is 1.00. The highest BCUT2D eigenvalue weighted by molar-refractivity contribution is 7.22. The summed E-state index contributed by atoms with van der Waals surface area (Å²) >= 11 is 0. The van der Waals surface area contributed by atoms with Crippen LogP contribution in [0.2, 0.25) is 24.2 Å². The summed E-state index contributed by atoms with van der Waals surface area (Å²) in [5, 5.41) is 0.749. The van der Waals surface area contributed by atoms with Crippen molar-refractivity contribution in [3.8, 4) is 0 Å². The molecule has 0 fully saturated rings. The van der Waals surface area contributed by atoms with E-state index in [1.807, 2.05) is 0 Å². The predicted molar refractivity (Wildman–Crippen MR) is 79.2 cm³/mol. The number of hydrogen-bond donors (Lipinski definition) is 0. The third-order valence-corrected chi connectivity index (χ3v) is 19.7. The van der Waals surface area contributed by atoms with Crippen LogP contribution in [0.4, 0.5) is 0 Å². The van der Waals surface area contributed by atoms with Crippen LogP contribution in [0.15, 0.2) is 0 Å². The highest BCUT2D eigenvalue weighted by Crippen LogP contribution is 2.39. The molecule has 3 atom stereocenters. The largest absolute Gasteiger partial charge is 0.0741 e. The van der Waals surface area contributed by atoms with Crippen LogP contribution in [-0.2, 0) is 0 Å². The lowest BCUT2D eigenvalue weighted by Crippen LogP contribution is -2.41. The van der Waals surface area contributed by atoms with Gasteiger partial charge < -0.3 is 0 Å². The van der Waals surface area contributed by atoms with E-state index in [0.29, 0.717) is 0 Å². The summed E-state index contributed by atoms with van der Waals surface area (Å²) < 4.78 is 0. The molecule has 3 unspecified atom stereocenters. The summed E-state index contributed by atoms with van der Waals surface area (Å²) in [6, 6.07) is 1.60. The van der Waals surface area contributed by atoms with Crippen LogP contribution in [0.25, 0.3) is 0 Å². The van der Waals surface area contributed by atoms with Crippen LogP contribution in [0.1, 0.15) is 53.9 Å². The lowest BCUT2D eigenvalue weighted by atomic mass is 10.1. The topological polar surface area (TPSA) is 0 Å². The Kier molecular flexibility index (Phi) is 7.10. The Morgan fingerprint density at radius 2 is 1.53 bits per heavy atom. The Labute approximate surface area is 101 Å². The third kappa shape index (κ3) is 4.43. The van der Waals surface area contributed by atoms with E-state index in [1.165, 1.54) is 19.3 Å². The fourth-order valence-electron chi connectivity index (χ4n) is 2.59. The van der Waals surface area contributed by atoms with Gasteiger partial charge in [0.1, 0.15) is 0 Å². The monoisotopic (exact) mass is 244 g/mol. The second-order valence-corrected chi connectivity index (χ2v) is 17.7. The molecule has 0 amide bonds. The van der Waals surface area contributed by atoms with Gasteiger partial charge in [-0.15, -0.1) is 0 Å². The highest BCUT2D eigenvalue weighted by atomic mass is 29.2. The molecule has 0 saturated carbocycles. The summed E-state index contributed by atoms with van der Waals surface area (Å²) in [7, 11) is -0.851. The van der Waals surface area contributed by atoms with Crippen molar-refractivity contribution in [2.75, 3.05) is 0 Å². The number of rotatable bonds is 7. The van der Waals surface area contributed by atoms with E-state index in [-0.39, 0.29) is 0 Å². The lowest BCUT2D eigenvalue weighted by molar-refractivity contribution is 0.558. The van der Waals surface area contributed by atoms with Gasteiger partial charge in [-0.3, -0.25) is 0 Å². The second-order valence-electron chi connectivity index (χ2n) is 5.88. The predicted octanol–water partition coefficient (Wildman–Crippen LogP) is 4.41. The van der Waals surface area contributed by atoms with Gasteiger partial charge in [-0.2, -0.15) is 0 Å². The minimum atomic E-state index is -0.457. The van der Waals surface area contributed by atoms with Crippen molar-refractivity contribution in [1.29, 1.82) is 0 Å². The Bertz CT molecular complexity index is 164. The SMILES string of the molecule is CCC(C)C[SiH](C)[SiH](C)C(C)(CC)CC. The van der Waals surface area contributed by atoms with Crippen LogP contribution in [-0.4, -0.2) is 16.6 Å². The first-order chi connectivity index (χ1) is 6.91. The summed E-state index contributed by atoms with van der Waals surface area (Å²) in [6.45, 7) is 17.5. The molecule has 0 aliphatic rings. The van der Waals surface area contributed by atoms with Crippen molar-refractivity contribution in [2.24, 2.45) is 5.92 Å². The minimum absolute atomic E-state index is 0.393. The first-order valence-electron chi connectivity index (χ1n) is 6.91. The van der Waals surface area contributed by atoms with Crippen LogP contribution in [0.3, 0.4) is 0 Å². The van der Waals surface area contributed by atoms with E-state index in [2.05, 4.69) is 47.7 Å². The minimum Gasteiger partial charge on any atom is -0.0741 e. The van der Waals surface area contributed by atoms with Crippen LogP contribution in [0, 0.1) is 5.92 Å².